The predicted molar refractivity (Wildman–Crippen MR) is 92.6 cm³/mol. The van der Waals surface area contributed by atoms with E-state index in [4.69, 9.17) is 0 Å². The lowest BCUT2D eigenvalue weighted by Crippen LogP contribution is -2.09. The number of hydrogen-bond donors (Lipinski definition) is 0. The molecular weight excluding hydrogens is 321 g/mol. The summed E-state index contributed by atoms with van der Waals surface area (Å²) in [5.41, 5.74) is 3.52. The van der Waals surface area contributed by atoms with E-state index < -0.39 is 17.5 Å². The van der Waals surface area contributed by atoms with Crippen molar-refractivity contribution >= 4 is 0 Å². The lowest BCUT2D eigenvalue weighted by molar-refractivity contribution is 0.504. The van der Waals surface area contributed by atoms with Crippen molar-refractivity contribution in [2.75, 3.05) is 0 Å². The summed E-state index contributed by atoms with van der Waals surface area (Å²) < 4.78 is 42.8. The molecule has 4 rings (SSSR count). The molecule has 0 unspecified atom stereocenters. The zero-order valence-corrected chi connectivity index (χ0v) is 13.7. The van der Waals surface area contributed by atoms with Crippen LogP contribution in [0.2, 0.25) is 0 Å². The van der Waals surface area contributed by atoms with Gasteiger partial charge < -0.3 is 0 Å². The van der Waals surface area contributed by atoms with E-state index in [-0.39, 0.29) is 22.3 Å². The average Bonchev–Trinajstić information content (AvgIpc) is 2.59. The molecule has 0 N–H and O–H groups in total. The van der Waals surface area contributed by atoms with Crippen molar-refractivity contribution in [3.8, 4) is 34.1 Å². The SMILES string of the molecule is Cc1ccc(C#Cc2ccc3c(c2F)-c2c-3cc(C)c(F)c2F)cc1. The molecule has 0 spiro atoms. The Morgan fingerprint density at radius 2 is 1.36 bits per heavy atom. The van der Waals surface area contributed by atoms with Crippen LogP contribution in [-0.2, 0) is 0 Å². The van der Waals surface area contributed by atoms with Crippen LogP contribution in [0.4, 0.5) is 13.2 Å². The molecule has 0 radical (unpaired) electrons. The Labute approximate surface area is 143 Å². The third-order valence-electron chi connectivity index (χ3n) is 4.46. The summed E-state index contributed by atoms with van der Waals surface area (Å²) in [4.78, 5) is 0. The Balaban J connectivity index is 1.79. The highest BCUT2D eigenvalue weighted by atomic mass is 19.2. The standard InChI is InChI=1S/C22H13F3/c1-12-3-5-14(6-4-12)7-8-15-9-10-16-17-11-13(2)20(23)22(25)19(17)18(16)21(15)24/h3-6,9-11H,1-2H3. The van der Waals surface area contributed by atoms with E-state index in [1.165, 1.54) is 6.92 Å². The van der Waals surface area contributed by atoms with Gasteiger partial charge in [-0.1, -0.05) is 35.6 Å². The summed E-state index contributed by atoms with van der Waals surface area (Å²) in [6, 6.07) is 12.4. The van der Waals surface area contributed by atoms with Gasteiger partial charge in [0.15, 0.2) is 11.6 Å². The van der Waals surface area contributed by atoms with Crippen molar-refractivity contribution in [2.45, 2.75) is 13.8 Å². The largest absolute Gasteiger partial charge is 0.205 e. The van der Waals surface area contributed by atoms with E-state index in [9.17, 15) is 13.2 Å². The van der Waals surface area contributed by atoms with Crippen LogP contribution < -0.4 is 0 Å². The van der Waals surface area contributed by atoms with Crippen molar-refractivity contribution in [3.63, 3.8) is 0 Å². The highest BCUT2D eigenvalue weighted by Gasteiger charge is 2.32. The second-order valence-electron chi connectivity index (χ2n) is 6.21. The van der Waals surface area contributed by atoms with Crippen molar-refractivity contribution in [1.82, 2.24) is 0 Å². The summed E-state index contributed by atoms with van der Waals surface area (Å²) in [5.74, 6) is 3.16. The first-order valence-electron chi connectivity index (χ1n) is 7.88. The molecule has 0 aromatic heterocycles. The van der Waals surface area contributed by atoms with Crippen molar-refractivity contribution in [1.29, 1.82) is 0 Å². The summed E-state index contributed by atoms with van der Waals surface area (Å²) in [6.07, 6.45) is 0. The molecule has 0 nitrogen and oxygen atoms in total. The van der Waals surface area contributed by atoms with Gasteiger partial charge >= 0.3 is 0 Å². The molecule has 122 valence electrons. The molecule has 0 aliphatic heterocycles. The molecule has 0 fully saturated rings. The zero-order valence-electron chi connectivity index (χ0n) is 13.7. The van der Waals surface area contributed by atoms with Crippen LogP contribution in [0.3, 0.4) is 0 Å². The Kier molecular flexibility index (Phi) is 3.43. The van der Waals surface area contributed by atoms with Gasteiger partial charge in [-0.15, -0.1) is 0 Å². The van der Waals surface area contributed by atoms with E-state index in [0.29, 0.717) is 11.1 Å². The zero-order chi connectivity index (χ0) is 17.7. The highest BCUT2D eigenvalue weighted by molar-refractivity contribution is 6.03. The summed E-state index contributed by atoms with van der Waals surface area (Å²) in [7, 11) is 0. The predicted octanol–water partition coefficient (Wildman–Crippen LogP) is 5.77. The van der Waals surface area contributed by atoms with Gasteiger partial charge in [-0.2, -0.15) is 0 Å². The Morgan fingerprint density at radius 1 is 0.680 bits per heavy atom. The van der Waals surface area contributed by atoms with Crippen LogP contribution in [0.1, 0.15) is 22.3 Å². The second kappa shape index (κ2) is 5.53. The average molecular weight is 334 g/mol. The van der Waals surface area contributed by atoms with E-state index in [1.54, 1.807) is 18.2 Å². The Morgan fingerprint density at radius 3 is 2.08 bits per heavy atom. The van der Waals surface area contributed by atoms with Crippen molar-refractivity contribution in [3.05, 3.63) is 82.2 Å². The maximum absolute atomic E-state index is 14.8. The molecule has 0 atom stereocenters. The molecule has 0 saturated carbocycles. The van der Waals surface area contributed by atoms with E-state index in [0.717, 1.165) is 11.1 Å². The van der Waals surface area contributed by atoms with Gasteiger partial charge in [0.05, 0.1) is 5.56 Å². The first kappa shape index (κ1) is 15.5. The number of benzene rings is 3. The molecule has 1 aliphatic carbocycles. The van der Waals surface area contributed by atoms with Crippen LogP contribution in [0, 0.1) is 43.1 Å². The first-order valence-corrected chi connectivity index (χ1v) is 7.88. The van der Waals surface area contributed by atoms with Crippen LogP contribution >= 0.6 is 0 Å². The summed E-state index contributed by atoms with van der Waals surface area (Å²) >= 11 is 0. The minimum atomic E-state index is -0.995. The molecule has 1 aliphatic rings. The van der Waals surface area contributed by atoms with Gasteiger partial charge in [0.1, 0.15) is 5.82 Å². The lowest BCUT2D eigenvalue weighted by Gasteiger charge is -2.26. The topological polar surface area (TPSA) is 0 Å². The van der Waals surface area contributed by atoms with Gasteiger partial charge in [0.25, 0.3) is 0 Å². The number of aryl methyl sites for hydroxylation is 2. The molecule has 25 heavy (non-hydrogen) atoms. The molecule has 0 amide bonds. The number of rotatable bonds is 0. The highest BCUT2D eigenvalue weighted by Crippen LogP contribution is 2.51. The van der Waals surface area contributed by atoms with Crippen LogP contribution in [0.25, 0.3) is 22.3 Å². The molecule has 0 heterocycles. The molecule has 0 bridgehead atoms. The second-order valence-corrected chi connectivity index (χ2v) is 6.21. The van der Waals surface area contributed by atoms with Gasteiger partial charge in [0.2, 0.25) is 0 Å². The molecule has 3 aromatic rings. The number of halogens is 3. The normalized spacial score (nSPS) is 11.1. The fourth-order valence-corrected chi connectivity index (χ4v) is 3.07. The van der Waals surface area contributed by atoms with Crippen LogP contribution in [-0.4, -0.2) is 0 Å². The quantitative estimate of drug-likeness (QED) is 0.358. The smallest absolute Gasteiger partial charge is 0.167 e. The molecule has 3 heteroatoms. The van der Waals surface area contributed by atoms with Gasteiger partial charge in [-0.25, -0.2) is 13.2 Å². The monoisotopic (exact) mass is 334 g/mol. The minimum Gasteiger partial charge on any atom is -0.205 e. The van der Waals surface area contributed by atoms with Crippen molar-refractivity contribution < 1.29 is 13.2 Å². The first-order chi connectivity index (χ1) is 12.0. The van der Waals surface area contributed by atoms with E-state index in [1.807, 2.05) is 31.2 Å². The third kappa shape index (κ3) is 2.34. The molecular formula is C22H13F3. The third-order valence-corrected chi connectivity index (χ3v) is 4.46. The van der Waals surface area contributed by atoms with Crippen LogP contribution in [0.15, 0.2) is 42.5 Å². The number of hydrogen-bond acceptors (Lipinski definition) is 0. The fourth-order valence-electron chi connectivity index (χ4n) is 3.07. The van der Waals surface area contributed by atoms with Gasteiger partial charge in [0, 0.05) is 16.7 Å². The maximum atomic E-state index is 14.8. The van der Waals surface area contributed by atoms with E-state index >= 15 is 0 Å². The van der Waals surface area contributed by atoms with Crippen molar-refractivity contribution in [2.24, 2.45) is 0 Å². The molecule has 3 aromatic carbocycles. The number of fused-ring (bicyclic) bond motifs is 4. The fraction of sp³-hybridized carbons (Fsp3) is 0.0909. The maximum Gasteiger partial charge on any atom is 0.167 e. The van der Waals surface area contributed by atoms with Gasteiger partial charge in [-0.05, 0) is 54.8 Å². The van der Waals surface area contributed by atoms with E-state index in [2.05, 4.69) is 11.8 Å². The minimum absolute atomic E-state index is 0.00888. The summed E-state index contributed by atoms with van der Waals surface area (Å²) in [5, 5.41) is 0. The lowest BCUT2D eigenvalue weighted by atomic mass is 9.78. The van der Waals surface area contributed by atoms with Crippen LogP contribution in [0.5, 0.6) is 0 Å². The Bertz CT molecular complexity index is 1080. The molecule has 0 saturated heterocycles. The Hall–Kier alpha value is -2.99. The van der Waals surface area contributed by atoms with Gasteiger partial charge in [-0.3, -0.25) is 0 Å². The summed E-state index contributed by atoms with van der Waals surface area (Å²) in [6.45, 7) is 3.47.